The number of aromatic hydroxyl groups is 1. The van der Waals surface area contributed by atoms with Crippen molar-refractivity contribution in [3.63, 3.8) is 0 Å². The van der Waals surface area contributed by atoms with Crippen LogP contribution >= 0.6 is 0 Å². The van der Waals surface area contributed by atoms with Crippen LogP contribution < -0.4 is 16.4 Å². The molecule has 0 spiro atoms. The van der Waals surface area contributed by atoms with Crippen molar-refractivity contribution in [3.8, 4) is 5.75 Å². The number of benzene rings is 1. The van der Waals surface area contributed by atoms with Gasteiger partial charge in [0, 0.05) is 17.8 Å². The molecule has 5 heteroatoms. The Morgan fingerprint density at radius 3 is 2.67 bits per heavy atom. The van der Waals surface area contributed by atoms with E-state index >= 15 is 0 Å². The molecule has 82 valence electrons. The summed E-state index contributed by atoms with van der Waals surface area (Å²) in [4.78, 5) is 11.3. The number of carbonyl (C=O) groups excluding carboxylic acids is 1. The van der Waals surface area contributed by atoms with Crippen LogP contribution in [0, 0.1) is 0 Å². The van der Waals surface area contributed by atoms with Crippen LogP contribution in [0.15, 0.2) is 18.2 Å². The Kier molecular flexibility index (Phi) is 3.38. The van der Waals surface area contributed by atoms with E-state index in [1.54, 1.807) is 12.1 Å². The van der Waals surface area contributed by atoms with Crippen molar-refractivity contribution in [2.45, 2.75) is 19.9 Å². The molecule has 0 fully saturated rings. The molecule has 0 saturated heterocycles. The molecule has 1 rings (SSSR count). The summed E-state index contributed by atoms with van der Waals surface area (Å²) in [6, 6.07) is 4.21. The maximum Gasteiger partial charge on any atom is 0.319 e. The molecule has 5 N–H and O–H groups in total. The Hall–Kier alpha value is -1.91. The van der Waals surface area contributed by atoms with Gasteiger partial charge in [0.05, 0.1) is 5.69 Å². The lowest BCUT2D eigenvalue weighted by Gasteiger charge is -2.11. The summed E-state index contributed by atoms with van der Waals surface area (Å²) < 4.78 is 0. The number of carbonyl (C=O) groups is 1. The van der Waals surface area contributed by atoms with Crippen LogP contribution in [0.2, 0.25) is 0 Å². The number of urea groups is 1. The molecule has 0 aliphatic carbocycles. The SMILES string of the molecule is CC(C)NC(=O)Nc1ccc(N)cc1O. The van der Waals surface area contributed by atoms with Crippen molar-refractivity contribution in [1.82, 2.24) is 5.32 Å². The van der Waals surface area contributed by atoms with Crippen molar-refractivity contribution < 1.29 is 9.90 Å². The Balaban J connectivity index is 2.68. The third-order valence-electron chi connectivity index (χ3n) is 1.69. The van der Waals surface area contributed by atoms with Crippen LogP contribution in [0.1, 0.15) is 13.8 Å². The Morgan fingerprint density at radius 2 is 2.13 bits per heavy atom. The van der Waals surface area contributed by atoms with Crippen molar-refractivity contribution in [2.24, 2.45) is 0 Å². The first-order valence-corrected chi connectivity index (χ1v) is 4.65. The normalized spacial score (nSPS) is 10.1. The molecule has 15 heavy (non-hydrogen) atoms. The second kappa shape index (κ2) is 4.54. The quantitative estimate of drug-likeness (QED) is 0.439. The summed E-state index contributed by atoms with van der Waals surface area (Å²) in [7, 11) is 0. The standard InChI is InChI=1S/C10H15N3O2/c1-6(2)12-10(15)13-8-4-3-7(11)5-9(8)14/h3-6,14H,11H2,1-2H3,(H2,12,13,15). The lowest BCUT2D eigenvalue weighted by molar-refractivity contribution is 0.250. The van der Waals surface area contributed by atoms with Gasteiger partial charge in [-0.25, -0.2) is 4.79 Å². The first-order valence-electron chi connectivity index (χ1n) is 4.65. The highest BCUT2D eigenvalue weighted by molar-refractivity contribution is 5.91. The van der Waals surface area contributed by atoms with Gasteiger partial charge >= 0.3 is 6.03 Å². The summed E-state index contributed by atoms with van der Waals surface area (Å²) in [5, 5.41) is 14.6. The highest BCUT2D eigenvalue weighted by Crippen LogP contribution is 2.24. The number of anilines is 2. The van der Waals surface area contributed by atoms with E-state index in [9.17, 15) is 9.90 Å². The maximum absolute atomic E-state index is 11.3. The predicted octanol–water partition coefficient (Wildman–Crippen LogP) is 1.50. The Bertz CT molecular complexity index is 364. The minimum Gasteiger partial charge on any atom is -0.506 e. The van der Waals surface area contributed by atoms with E-state index in [2.05, 4.69) is 10.6 Å². The molecule has 0 atom stereocenters. The number of amides is 2. The van der Waals surface area contributed by atoms with Gasteiger partial charge in [-0.05, 0) is 26.0 Å². The number of hydrogen-bond donors (Lipinski definition) is 4. The van der Waals surface area contributed by atoms with E-state index in [0.717, 1.165) is 0 Å². The van der Waals surface area contributed by atoms with Crippen LogP contribution in [0.5, 0.6) is 5.75 Å². The van der Waals surface area contributed by atoms with Gasteiger partial charge in [0.15, 0.2) is 0 Å². The lowest BCUT2D eigenvalue weighted by Crippen LogP contribution is -2.34. The third kappa shape index (κ3) is 3.38. The Morgan fingerprint density at radius 1 is 1.47 bits per heavy atom. The largest absolute Gasteiger partial charge is 0.506 e. The summed E-state index contributed by atoms with van der Waals surface area (Å²) in [5.41, 5.74) is 6.23. The average Bonchev–Trinajstić information content (AvgIpc) is 2.08. The van der Waals surface area contributed by atoms with Crippen molar-refractivity contribution in [1.29, 1.82) is 0 Å². The van der Waals surface area contributed by atoms with E-state index in [4.69, 9.17) is 5.73 Å². The van der Waals surface area contributed by atoms with Gasteiger partial charge in [-0.2, -0.15) is 0 Å². The zero-order chi connectivity index (χ0) is 11.4. The van der Waals surface area contributed by atoms with Gasteiger partial charge in [0.2, 0.25) is 0 Å². The van der Waals surface area contributed by atoms with E-state index in [1.165, 1.54) is 6.07 Å². The zero-order valence-electron chi connectivity index (χ0n) is 8.74. The van der Waals surface area contributed by atoms with E-state index in [-0.39, 0.29) is 17.8 Å². The van der Waals surface area contributed by atoms with E-state index in [0.29, 0.717) is 11.4 Å². The summed E-state index contributed by atoms with van der Waals surface area (Å²) in [5.74, 6) is -0.0473. The first-order chi connectivity index (χ1) is 6.99. The lowest BCUT2D eigenvalue weighted by atomic mass is 10.2. The van der Waals surface area contributed by atoms with Crippen LogP contribution in [0.25, 0.3) is 0 Å². The number of rotatable bonds is 2. The molecular formula is C10H15N3O2. The number of phenols is 1. The second-order valence-electron chi connectivity index (χ2n) is 3.53. The van der Waals surface area contributed by atoms with Gasteiger partial charge in [0.25, 0.3) is 0 Å². The fourth-order valence-electron chi connectivity index (χ4n) is 1.07. The zero-order valence-corrected chi connectivity index (χ0v) is 8.74. The average molecular weight is 209 g/mol. The molecule has 2 amide bonds. The smallest absolute Gasteiger partial charge is 0.319 e. The predicted molar refractivity (Wildman–Crippen MR) is 59.8 cm³/mol. The molecule has 5 nitrogen and oxygen atoms in total. The molecule has 0 heterocycles. The molecular weight excluding hydrogens is 194 g/mol. The molecule has 0 aliphatic heterocycles. The summed E-state index contributed by atoms with van der Waals surface area (Å²) in [6.45, 7) is 3.70. The monoisotopic (exact) mass is 209 g/mol. The molecule has 0 aliphatic rings. The van der Waals surface area contributed by atoms with Crippen LogP contribution in [0.4, 0.5) is 16.2 Å². The number of phenolic OH excluding ortho intramolecular Hbond substituents is 1. The van der Waals surface area contributed by atoms with Crippen LogP contribution in [-0.2, 0) is 0 Å². The maximum atomic E-state index is 11.3. The van der Waals surface area contributed by atoms with Gasteiger partial charge in [-0.15, -0.1) is 0 Å². The molecule has 0 unspecified atom stereocenters. The summed E-state index contributed by atoms with van der Waals surface area (Å²) >= 11 is 0. The molecule has 0 aromatic heterocycles. The number of nitrogen functional groups attached to an aromatic ring is 1. The fourth-order valence-corrected chi connectivity index (χ4v) is 1.07. The minimum atomic E-state index is -0.356. The van der Waals surface area contributed by atoms with Gasteiger partial charge in [-0.1, -0.05) is 0 Å². The fraction of sp³-hybridized carbons (Fsp3) is 0.300. The van der Waals surface area contributed by atoms with Crippen molar-refractivity contribution in [3.05, 3.63) is 18.2 Å². The molecule has 1 aromatic carbocycles. The van der Waals surface area contributed by atoms with Crippen molar-refractivity contribution >= 4 is 17.4 Å². The highest BCUT2D eigenvalue weighted by atomic mass is 16.3. The second-order valence-corrected chi connectivity index (χ2v) is 3.53. The first kappa shape index (κ1) is 11.2. The van der Waals surface area contributed by atoms with Crippen LogP contribution in [0.3, 0.4) is 0 Å². The minimum absolute atomic E-state index is 0.0425. The molecule has 0 radical (unpaired) electrons. The van der Waals surface area contributed by atoms with Gasteiger partial charge in [-0.3, -0.25) is 0 Å². The van der Waals surface area contributed by atoms with E-state index < -0.39 is 0 Å². The Labute approximate surface area is 88.3 Å². The molecule has 0 bridgehead atoms. The van der Waals surface area contributed by atoms with Gasteiger partial charge < -0.3 is 21.5 Å². The van der Waals surface area contributed by atoms with Crippen molar-refractivity contribution in [2.75, 3.05) is 11.1 Å². The van der Waals surface area contributed by atoms with Crippen LogP contribution in [-0.4, -0.2) is 17.2 Å². The van der Waals surface area contributed by atoms with Gasteiger partial charge in [0.1, 0.15) is 5.75 Å². The number of hydrogen-bond acceptors (Lipinski definition) is 3. The topological polar surface area (TPSA) is 87.4 Å². The summed E-state index contributed by atoms with van der Waals surface area (Å²) in [6.07, 6.45) is 0. The number of nitrogens with one attached hydrogen (secondary N) is 2. The highest BCUT2D eigenvalue weighted by Gasteiger charge is 2.06. The molecule has 1 aromatic rings. The number of nitrogens with two attached hydrogens (primary N) is 1. The third-order valence-corrected chi connectivity index (χ3v) is 1.69. The molecule has 0 saturated carbocycles. The van der Waals surface area contributed by atoms with E-state index in [1.807, 2.05) is 13.8 Å².